The van der Waals surface area contributed by atoms with Gasteiger partial charge in [0.25, 0.3) is 11.8 Å². The highest BCUT2D eigenvalue weighted by molar-refractivity contribution is 7.08. The molecule has 0 aliphatic heterocycles. The molecule has 3 rings (SSSR count). The first-order valence-electron chi connectivity index (χ1n) is 7.54. The van der Waals surface area contributed by atoms with Crippen molar-refractivity contribution in [1.82, 2.24) is 0 Å². The number of benzene rings is 2. The number of thiophene rings is 1. The van der Waals surface area contributed by atoms with Crippen LogP contribution < -0.4 is 10.6 Å². The monoisotopic (exact) mass is 354 g/mol. The quantitative estimate of drug-likeness (QED) is 0.713. The molecule has 0 fully saturated rings. The SMILES string of the molecule is Cc1cc(F)ccc1NC(=O)c1ccccc1NC(=O)c1ccsc1. The Labute approximate surface area is 148 Å². The van der Waals surface area contributed by atoms with Gasteiger partial charge >= 0.3 is 0 Å². The van der Waals surface area contributed by atoms with E-state index in [1.165, 1.54) is 29.5 Å². The van der Waals surface area contributed by atoms with Gasteiger partial charge in [-0.15, -0.1) is 0 Å². The third kappa shape index (κ3) is 3.92. The van der Waals surface area contributed by atoms with Crippen LogP contribution in [0.4, 0.5) is 15.8 Å². The van der Waals surface area contributed by atoms with Crippen molar-refractivity contribution in [2.45, 2.75) is 6.92 Å². The zero-order valence-electron chi connectivity index (χ0n) is 13.4. The molecule has 6 heteroatoms. The summed E-state index contributed by atoms with van der Waals surface area (Å²) >= 11 is 1.42. The zero-order chi connectivity index (χ0) is 17.8. The number of hydrogen-bond donors (Lipinski definition) is 2. The molecule has 0 unspecified atom stereocenters. The Morgan fingerprint density at radius 3 is 2.44 bits per heavy atom. The fourth-order valence-corrected chi connectivity index (χ4v) is 2.97. The number of rotatable bonds is 4. The summed E-state index contributed by atoms with van der Waals surface area (Å²) in [5, 5.41) is 9.04. The highest BCUT2D eigenvalue weighted by atomic mass is 32.1. The fraction of sp³-hybridized carbons (Fsp3) is 0.0526. The Bertz CT molecular complexity index is 923. The van der Waals surface area contributed by atoms with Crippen molar-refractivity contribution in [1.29, 1.82) is 0 Å². The smallest absolute Gasteiger partial charge is 0.257 e. The third-order valence-electron chi connectivity index (χ3n) is 3.64. The van der Waals surface area contributed by atoms with Crippen molar-refractivity contribution in [3.63, 3.8) is 0 Å². The Balaban J connectivity index is 1.82. The van der Waals surface area contributed by atoms with Gasteiger partial charge in [0.2, 0.25) is 0 Å². The molecule has 25 heavy (non-hydrogen) atoms. The summed E-state index contributed by atoms with van der Waals surface area (Å²) in [6, 6.07) is 12.6. The first-order chi connectivity index (χ1) is 12.0. The van der Waals surface area contributed by atoms with E-state index < -0.39 is 0 Å². The number of carbonyl (C=O) groups is 2. The van der Waals surface area contributed by atoms with E-state index in [9.17, 15) is 14.0 Å². The van der Waals surface area contributed by atoms with E-state index in [-0.39, 0.29) is 17.6 Å². The predicted octanol–water partition coefficient (Wildman–Crippen LogP) is 4.70. The van der Waals surface area contributed by atoms with Crippen LogP contribution in [0, 0.1) is 12.7 Å². The third-order valence-corrected chi connectivity index (χ3v) is 4.32. The van der Waals surface area contributed by atoms with E-state index >= 15 is 0 Å². The summed E-state index contributed by atoms with van der Waals surface area (Å²) < 4.78 is 13.2. The first kappa shape index (κ1) is 16.9. The van der Waals surface area contributed by atoms with Crippen LogP contribution in [0.1, 0.15) is 26.3 Å². The highest BCUT2D eigenvalue weighted by Crippen LogP contribution is 2.21. The van der Waals surface area contributed by atoms with E-state index in [4.69, 9.17) is 0 Å². The summed E-state index contributed by atoms with van der Waals surface area (Å²) in [7, 11) is 0. The molecule has 0 spiro atoms. The number of nitrogens with one attached hydrogen (secondary N) is 2. The van der Waals surface area contributed by atoms with Gasteiger partial charge in [-0.2, -0.15) is 11.3 Å². The number of halogens is 1. The van der Waals surface area contributed by atoms with E-state index in [0.717, 1.165) is 0 Å². The molecule has 4 nitrogen and oxygen atoms in total. The fourth-order valence-electron chi connectivity index (χ4n) is 2.34. The van der Waals surface area contributed by atoms with E-state index in [0.29, 0.717) is 28.1 Å². The molecule has 0 aliphatic rings. The second-order valence-corrected chi connectivity index (χ2v) is 6.21. The van der Waals surface area contributed by atoms with Crippen LogP contribution in [0.25, 0.3) is 0 Å². The molecule has 0 radical (unpaired) electrons. The first-order valence-corrected chi connectivity index (χ1v) is 8.49. The normalized spacial score (nSPS) is 10.3. The molecule has 0 saturated carbocycles. The molecule has 2 N–H and O–H groups in total. The molecule has 0 aliphatic carbocycles. The number of aryl methyl sites for hydroxylation is 1. The largest absolute Gasteiger partial charge is 0.322 e. The van der Waals surface area contributed by atoms with Crippen LogP contribution in [0.3, 0.4) is 0 Å². The van der Waals surface area contributed by atoms with Crippen LogP contribution in [-0.4, -0.2) is 11.8 Å². The van der Waals surface area contributed by atoms with Gasteiger partial charge in [0.05, 0.1) is 16.8 Å². The minimum atomic E-state index is -0.379. The van der Waals surface area contributed by atoms with Gasteiger partial charge in [-0.25, -0.2) is 4.39 Å². The van der Waals surface area contributed by atoms with Crippen LogP contribution in [0.5, 0.6) is 0 Å². The van der Waals surface area contributed by atoms with Gasteiger partial charge in [-0.1, -0.05) is 12.1 Å². The van der Waals surface area contributed by atoms with Crippen molar-refractivity contribution in [3.8, 4) is 0 Å². The lowest BCUT2D eigenvalue weighted by molar-refractivity contribution is 0.102. The van der Waals surface area contributed by atoms with Crippen molar-refractivity contribution in [3.05, 3.63) is 81.8 Å². The van der Waals surface area contributed by atoms with Gasteiger partial charge in [0, 0.05) is 11.1 Å². The molecule has 2 amide bonds. The standard InChI is InChI=1S/C19H15FN2O2S/c1-12-10-14(20)6-7-16(12)21-19(24)15-4-2-3-5-17(15)22-18(23)13-8-9-25-11-13/h2-11H,1H3,(H,21,24)(H,22,23). The van der Waals surface area contributed by atoms with Gasteiger partial charge in [-0.05, 0) is 54.3 Å². The molecule has 0 atom stereocenters. The minimum Gasteiger partial charge on any atom is -0.322 e. The van der Waals surface area contributed by atoms with Gasteiger partial charge in [-0.3, -0.25) is 9.59 Å². The second kappa shape index (κ2) is 7.27. The number of carbonyl (C=O) groups excluding carboxylic acids is 2. The van der Waals surface area contributed by atoms with Gasteiger partial charge in [0.15, 0.2) is 0 Å². The molecule has 1 heterocycles. The molecule has 126 valence electrons. The predicted molar refractivity (Wildman–Crippen MR) is 97.8 cm³/mol. The summed E-state index contributed by atoms with van der Waals surface area (Å²) in [6.07, 6.45) is 0. The number of hydrogen-bond acceptors (Lipinski definition) is 3. The topological polar surface area (TPSA) is 58.2 Å². The van der Waals surface area contributed by atoms with Crippen LogP contribution >= 0.6 is 11.3 Å². The van der Waals surface area contributed by atoms with E-state index in [1.807, 2.05) is 5.38 Å². The molecular formula is C19H15FN2O2S. The maximum Gasteiger partial charge on any atom is 0.257 e. The average Bonchev–Trinajstić information content (AvgIpc) is 3.12. The molecule has 0 saturated heterocycles. The summed E-state index contributed by atoms with van der Waals surface area (Å²) in [4.78, 5) is 24.8. The maximum atomic E-state index is 13.2. The number of amides is 2. The van der Waals surface area contributed by atoms with Crippen LogP contribution in [0.2, 0.25) is 0 Å². The molecule has 0 bridgehead atoms. The Kier molecular flexibility index (Phi) is 4.90. The van der Waals surface area contributed by atoms with Crippen LogP contribution in [-0.2, 0) is 0 Å². The van der Waals surface area contributed by atoms with Crippen molar-refractivity contribution in [2.75, 3.05) is 10.6 Å². The lowest BCUT2D eigenvalue weighted by Gasteiger charge is -2.12. The summed E-state index contributed by atoms with van der Waals surface area (Å²) in [6.45, 7) is 1.71. The lowest BCUT2D eigenvalue weighted by atomic mass is 10.1. The van der Waals surface area contributed by atoms with Crippen molar-refractivity contribution < 1.29 is 14.0 Å². The number of para-hydroxylation sites is 1. The Morgan fingerprint density at radius 2 is 1.72 bits per heavy atom. The van der Waals surface area contributed by atoms with Crippen LogP contribution in [0.15, 0.2) is 59.3 Å². The number of anilines is 2. The molecule has 1 aromatic heterocycles. The van der Waals surface area contributed by atoms with Gasteiger partial charge in [0.1, 0.15) is 5.82 Å². The van der Waals surface area contributed by atoms with Crippen molar-refractivity contribution in [2.24, 2.45) is 0 Å². The molecular weight excluding hydrogens is 339 g/mol. The van der Waals surface area contributed by atoms with E-state index in [2.05, 4.69) is 10.6 Å². The highest BCUT2D eigenvalue weighted by Gasteiger charge is 2.15. The minimum absolute atomic E-state index is 0.278. The molecule has 2 aromatic carbocycles. The summed E-state index contributed by atoms with van der Waals surface area (Å²) in [5.74, 6) is -1.02. The second-order valence-electron chi connectivity index (χ2n) is 5.43. The average molecular weight is 354 g/mol. The molecule has 3 aromatic rings. The zero-order valence-corrected chi connectivity index (χ0v) is 14.2. The summed E-state index contributed by atoms with van der Waals surface area (Å²) in [5.41, 5.74) is 2.42. The lowest BCUT2D eigenvalue weighted by Crippen LogP contribution is -2.18. The van der Waals surface area contributed by atoms with Crippen molar-refractivity contribution >= 4 is 34.5 Å². The van der Waals surface area contributed by atoms with E-state index in [1.54, 1.807) is 42.6 Å². The maximum absolute atomic E-state index is 13.2. The Hall–Kier alpha value is -2.99. The Morgan fingerprint density at radius 1 is 0.960 bits per heavy atom. The van der Waals surface area contributed by atoms with Gasteiger partial charge < -0.3 is 10.6 Å².